The molecular formula is C30H41N7O3. The molecule has 0 bridgehead atoms. The lowest BCUT2D eigenvalue weighted by atomic mass is 10.0. The van der Waals surface area contributed by atoms with E-state index in [2.05, 4.69) is 33.1 Å². The Morgan fingerprint density at radius 3 is 2.58 bits per heavy atom. The lowest BCUT2D eigenvalue weighted by molar-refractivity contribution is -0.120. The molecular weight excluding hydrogens is 506 g/mol. The van der Waals surface area contributed by atoms with Crippen molar-refractivity contribution in [2.45, 2.75) is 76.8 Å². The second-order valence-electron chi connectivity index (χ2n) is 11.5. The van der Waals surface area contributed by atoms with Crippen LogP contribution in [0.1, 0.15) is 63.9 Å². The molecule has 6 rings (SSSR count). The van der Waals surface area contributed by atoms with Gasteiger partial charge in [0.2, 0.25) is 17.8 Å². The minimum atomic E-state index is -0.216. The first-order chi connectivity index (χ1) is 19.5. The number of hydrogen-bond donors (Lipinski definition) is 1. The Bertz CT molecular complexity index is 1270. The summed E-state index contributed by atoms with van der Waals surface area (Å²) >= 11 is 0. The van der Waals surface area contributed by atoms with Gasteiger partial charge in [0.15, 0.2) is 5.82 Å². The van der Waals surface area contributed by atoms with E-state index in [0.29, 0.717) is 30.8 Å². The first-order valence-corrected chi connectivity index (χ1v) is 14.9. The number of methoxy groups -OCH3 is 1. The summed E-state index contributed by atoms with van der Waals surface area (Å²) in [6.45, 7) is 5.22. The fraction of sp³-hybridized carbons (Fsp3) is 0.600. The van der Waals surface area contributed by atoms with Crippen LogP contribution in [0.2, 0.25) is 0 Å². The molecule has 4 aliphatic rings. The van der Waals surface area contributed by atoms with E-state index in [1.165, 1.54) is 32.1 Å². The number of fused-ring (bicyclic) bond motifs is 2. The SMILES string of the molecule is CC[C@@H]1C(=O)N(C)c2cnc(Nc3cc4c(cc3OC)N(C(=O)CN3CCCCC3)CC4)nc2N1C1CCCC1. The zero-order valence-electron chi connectivity index (χ0n) is 24.0. The topological polar surface area (TPSA) is 94.1 Å². The summed E-state index contributed by atoms with van der Waals surface area (Å²) in [5, 5.41) is 3.39. The van der Waals surface area contributed by atoms with Crippen molar-refractivity contribution in [3.8, 4) is 5.75 Å². The van der Waals surface area contributed by atoms with Crippen molar-refractivity contribution in [3.63, 3.8) is 0 Å². The highest BCUT2D eigenvalue weighted by atomic mass is 16.5. The molecule has 214 valence electrons. The Hall–Kier alpha value is -3.40. The third kappa shape index (κ3) is 4.87. The fourth-order valence-electron chi connectivity index (χ4n) is 6.90. The number of carbonyl (C=O) groups excluding carboxylic acids is 2. The highest BCUT2D eigenvalue weighted by Crippen LogP contribution is 2.42. The number of anilines is 5. The predicted molar refractivity (Wildman–Crippen MR) is 157 cm³/mol. The van der Waals surface area contributed by atoms with Crippen molar-refractivity contribution >= 4 is 40.6 Å². The molecule has 1 saturated carbocycles. The third-order valence-electron chi connectivity index (χ3n) is 9.06. The number of nitrogens with zero attached hydrogens (tertiary/aromatic N) is 6. The van der Waals surface area contributed by atoms with Crippen molar-refractivity contribution in [2.24, 2.45) is 0 Å². The highest BCUT2D eigenvalue weighted by molar-refractivity contribution is 6.04. The predicted octanol–water partition coefficient (Wildman–Crippen LogP) is 4.11. The van der Waals surface area contributed by atoms with Gasteiger partial charge in [0.05, 0.1) is 31.2 Å². The van der Waals surface area contributed by atoms with Crippen LogP contribution in [0.15, 0.2) is 18.3 Å². The summed E-state index contributed by atoms with van der Waals surface area (Å²) in [5.41, 5.74) is 3.55. The Morgan fingerprint density at radius 1 is 1.07 bits per heavy atom. The number of benzene rings is 1. The number of likely N-dealkylation sites (N-methyl/N-ethyl adjacent to an activating group) is 1. The number of likely N-dealkylation sites (tertiary alicyclic amines) is 1. The van der Waals surface area contributed by atoms with Gasteiger partial charge in [-0.05, 0) is 63.2 Å². The summed E-state index contributed by atoms with van der Waals surface area (Å²) in [4.78, 5) is 44.1. The molecule has 10 heteroatoms. The van der Waals surface area contributed by atoms with Crippen LogP contribution in [0.3, 0.4) is 0 Å². The van der Waals surface area contributed by atoms with E-state index in [-0.39, 0.29) is 17.9 Å². The van der Waals surface area contributed by atoms with E-state index in [1.54, 1.807) is 18.2 Å². The van der Waals surface area contributed by atoms with Crippen LogP contribution in [0.25, 0.3) is 0 Å². The van der Waals surface area contributed by atoms with Crippen molar-refractivity contribution < 1.29 is 14.3 Å². The van der Waals surface area contributed by atoms with Crippen molar-refractivity contribution in [1.82, 2.24) is 14.9 Å². The summed E-state index contributed by atoms with van der Waals surface area (Å²) in [6, 6.07) is 4.12. The van der Waals surface area contributed by atoms with Crippen LogP contribution in [0, 0.1) is 0 Å². The lowest BCUT2D eigenvalue weighted by Gasteiger charge is -2.43. The molecule has 2 aromatic rings. The molecule has 1 atom stereocenters. The number of carbonyl (C=O) groups is 2. The van der Waals surface area contributed by atoms with E-state index in [4.69, 9.17) is 9.72 Å². The molecule has 0 unspecified atom stereocenters. The van der Waals surface area contributed by atoms with Gasteiger partial charge in [0.1, 0.15) is 17.5 Å². The molecule has 0 radical (unpaired) electrons. The molecule has 1 aliphatic carbocycles. The first-order valence-electron chi connectivity index (χ1n) is 14.9. The second-order valence-corrected chi connectivity index (χ2v) is 11.5. The molecule has 0 spiro atoms. The van der Waals surface area contributed by atoms with E-state index in [0.717, 1.165) is 67.2 Å². The van der Waals surface area contributed by atoms with Crippen LogP contribution in [0.4, 0.5) is 28.8 Å². The van der Waals surface area contributed by atoms with E-state index >= 15 is 0 Å². The minimum absolute atomic E-state index is 0.103. The van der Waals surface area contributed by atoms with Crippen LogP contribution in [0.5, 0.6) is 5.75 Å². The standard InChI is InChI=1S/C30H41N7O3/c1-4-23-29(39)34(2)25-18-31-30(33-28(25)37(23)21-10-6-7-11-21)32-22-16-20-12-15-36(24(20)17-26(22)40-3)27(38)19-35-13-8-5-9-14-35/h16-18,21,23H,4-15,19H2,1-3H3,(H,31,32,33)/t23-/m1/s1. The quantitative estimate of drug-likeness (QED) is 0.554. The van der Waals surface area contributed by atoms with Crippen molar-refractivity contribution in [2.75, 3.05) is 60.4 Å². The number of amides is 2. The normalized spacial score (nSPS) is 21.5. The third-order valence-corrected chi connectivity index (χ3v) is 9.06. The summed E-state index contributed by atoms with van der Waals surface area (Å²) < 4.78 is 5.77. The van der Waals surface area contributed by atoms with E-state index in [1.807, 2.05) is 18.0 Å². The zero-order chi connectivity index (χ0) is 27.8. The van der Waals surface area contributed by atoms with Gasteiger partial charge >= 0.3 is 0 Å². The largest absolute Gasteiger partial charge is 0.494 e. The summed E-state index contributed by atoms with van der Waals surface area (Å²) in [7, 11) is 3.46. The van der Waals surface area contributed by atoms with Crippen LogP contribution in [-0.2, 0) is 16.0 Å². The Morgan fingerprint density at radius 2 is 1.85 bits per heavy atom. The average molecular weight is 548 g/mol. The van der Waals surface area contributed by atoms with Crippen LogP contribution < -0.4 is 24.8 Å². The molecule has 10 nitrogen and oxygen atoms in total. The number of piperidine rings is 1. The first kappa shape index (κ1) is 26.8. The number of ether oxygens (including phenoxy) is 1. The van der Waals surface area contributed by atoms with Crippen LogP contribution in [-0.4, -0.2) is 79.1 Å². The molecule has 1 saturated heterocycles. The highest BCUT2D eigenvalue weighted by Gasteiger charge is 2.41. The number of aromatic nitrogens is 2. The van der Waals surface area contributed by atoms with Gasteiger partial charge in [-0.25, -0.2) is 4.98 Å². The molecule has 1 aromatic carbocycles. The maximum Gasteiger partial charge on any atom is 0.249 e. The van der Waals surface area contributed by atoms with Crippen molar-refractivity contribution in [1.29, 1.82) is 0 Å². The minimum Gasteiger partial charge on any atom is -0.494 e. The van der Waals surface area contributed by atoms with Gasteiger partial charge in [0.25, 0.3) is 0 Å². The Labute approximate surface area is 236 Å². The number of nitrogens with one attached hydrogen (secondary N) is 1. The van der Waals surface area contributed by atoms with Crippen LogP contribution >= 0.6 is 0 Å². The van der Waals surface area contributed by atoms with Crippen molar-refractivity contribution in [3.05, 3.63) is 23.9 Å². The van der Waals surface area contributed by atoms with Gasteiger partial charge in [0, 0.05) is 25.7 Å². The van der Waals surface area contributed by atoms with E-state index < -0.39 is 0 Å². The Balaban J connectivity index is 1.27. The summed E-state index contributed by atoms with van der Waals surface area (Å²) in [5.74, 6) is 2.18. The molecule has 3 aliphatic heterocycles. The maximum atomic E-state index is 13.2. The smallest absolute Gasteiger partial charge is 0.249 e. The second kappa shape index (κ2) is 11.2. The number of hydrogen-bond acceptors (Lipinski definition) is 8. The van der Waals surface area contributed by atoms with Gasteiger partial charge < -0.3 is 24.8 Å². The fourth-order valence-corrected chi connectivity index (χ4v) is 6.90. The molecule has 40 heavy (non-hydrogen) atoms. The monoisotopic (exact) mass is 547 g/mol. The molecule has 1 aromatic heterocycles. The molecule has 2 fully saturated rings. The van der Waals surface area contributed by atoms with Gasteiger partial charge in [-0.2, -0.15) is 4.98 Å². The van der Waals surface area contributed by atoms with E-state index in [9.17, 15) is 9.59 Å². The van der Waals surface area contributed by atoms with Gasteiger partial charge in [-0.15, -0.1) is 0 Å². The molecule has 4 heterocycles. The number of rotatable bonds is 7. The Kier molecular flexibility index (Phi) is 7.53. The van der Waals surface area contributed by atoms with Gasteiger partial charge in [-0.3, -0.25) is 14.5 Å². The summed E-state index contributed by atoms with van der Waals surface area (Å²) in [6.07, 6.45) is 11.4. The zero-order valence-corrected chi connectivity index (χ0v) is 24.0. The lowest BCUT2D eigenvalue weighted by Crippen LogP contribution is -2.55. The maximum absolute atomic E-state index is 13.2. The van der Waals surface area contributed by atoms with Gasteiger partial charge in [-0.1, -0.05) is 26.2 Å². The molecule has 2 amide bonds. The average Bonchev–Trinajstić information content (AvgIpc) is 3.65. The molecule has 1 N–H and O–H groups in total.